The average molecular weight is 219 g/mol. The fourth-order valence-electron chi connectivity index (χ4n) is 1.20. The molecular formula is C9H17NO3S. The van der Waals surface area contributed by atoms with Gasteiger partial charge in [-0.25, -0.2) is 0 Å². The summed E-state index contributed by atoms with van der Waals surface area (Å²) >= 11 is 0. The van der Waals surface area contributed by atoms with Gasteiger partial charge in [-0.2, -0.15) is 0 Å². The second-order valence-corrected chi connectivity index (χ2v) is 6.05. The molecule has 2 unspecified atom stereocenters. The first-order chi connectivity index (χ1) is 6.40. The van der Waals surface area contributed by atoms with E-state index in [1.807, 2.05) is 20.8 Å². The standard InChI is InChI=1S/C9H17NO3S/c1-9(2,3)13-8(11)7-6-10-4-5-14(7)12/h7,10H,4-6H2,1-3H3. The molecule has 0 radical (unpaired) electrons. The molecule has 0 amide bonds. The maximum absolute atomic E-state index is 11.6. The van der Waals surface area contributed by atoms with Gasteiger partial charge in [-0.15, -0.1) is 0 Å². The van der Waals surface area contributed by atoms with Crippen LogP contribution < -0.4 is 5.32 Å². The zero-order valence-corrected chi connectivity index (χ0v) is 9.65. The molecule has 14 heavy (non-hydrogen) atoms. The van der Waals surface area contributed by atoms with Gasteiger partial charge >= 0.3 is 5.97 Å². The molecule has 0 aromatic carbocycles. The highest BCUT2D eigenvalue weighted by Crippen LogP contribution is 2.12. The van der Waals surface area contributed by atoms with Gasteiger partial charge in [0.1, 0.15) is 10.9 Å². The van der Waals surface area contributed by atoms with Crippen LogP contribution in [0, 0.1) is 0 Å². The number of carbonyl (C=O) groups is 1. The van der Waals surface area contributed by atoms with Gasteiger partial charge in [0.2, 0.25) is 0 Å². The van der Waals surface area contributed by atoms with Crippen molar-refractivity contribution in [2.45, 2.75) is 31.6 Å². The van der Waals surface area contributed by atoms with Crippen molar-refractivity contribution < 1.29 is 13.7 Å². The summed E-state index contributed by atoms with van der Waals surface area (Å²) in [5, 5.41) is 2.54. The van der Waals surface area contributed by atoms with Crippen LogP contribution in [0.2, 0.25) is 0 Å². The van der Waals surface area contributed by atoms with Crippen molar-refractivity contribution in [1.82, 2.24) is 5.32 Å². The van der Waals surface area contributed by atoms with Crippen molar-refractivity contribution in [2.24, 2.45) is 0 Å². The van der Waals surface area contributed by atoms with E-state index >= 15 is 0 Å². The zero-order chi connectivity index (χ0) is 10.8. The summed E-state index contributed by atoms with van der Waals surface area (Å²) in [7, 11) is -1.08. The van der Waals surface area contributed by atoms with Crippen molar-refractivity contribution in [2.75, 3.05) is 18.8 Å². The zero-order valence-electron chi connectivity index (χ0n) is 8.83. The van der Waals surface area contributed by atoms with E-state index in [2.05, 4.69) is 5.32 Å². The van der Waals surface area contributed by atoms with Crippen molar-refractivity contribution in [3.63, 3.8) is 0 Å². The number of hydrogen-bond acceptors (Lipinski definition) is 4. The molecule has 0 bridgehead atoms. The van der Waals surface area contributed by atoms with Gasteiger partial charge in [-0.1, -0.05) is 0 Å². The first-order valence-electron chi connectivity index (χ1n) is 4.71. The highest BCUT2D eigenvalue weighted by atomic mass is 32.2. The quantitative estimate of drug-likeness (QED) is 0.633. The number of rotatable bonds is 1. The van der Waals surface area contributed by atoms with E-state index in [1.165, 1.54) is 0 Å². The van der Waals surface area contributed by atoms with E-state index in [1.54, 1.807) is 0 Å². The molecule has 1 N–H and O–H groups in total. The van der Waals surface area contributed by atoms with Gasteiger partial charge in [0.15, 0.2) is 0 Å². The SMILES string of the molecule is CC(C)(C)OC(=O)C1CNCCS1=O. The predicted octanol–water partition coefficient (Wildman–Crippen LogP) is 0.0486. The first-order valence-corrected chi connectivity index (χ1v) is 6.09. The molecule has 4 nitrogen and oxygen atoms in total. The second kappa shape index (κ2) is 4.40. The van der Waals surface area contributed by atoms with E-state index in [0.29, 0.717) is 18.8 Å². The lowest BCUT2D eigenvalue weighted by Crippen LogP contribution is -2.47. The molecule has 0 saturated carbocycles. The molecule has 1 aliphatic heterocycles. The van der Waals surface area contributed by atoms with Crippen molar-refractivity contribution in [3.8, 4) is 0 Å². The van der Waals surface area contributed by atoms with Gasteiger partial charge in [-0.3, -0.25) is 9.00 Å². The number of hydrogen-bond donors (Lipinski definition) is 1. The Morgan fingerprint density at radius 1 is 1.50 bits per heavy atom. The number of carbonyl (C=O) groups excluding carboxylic acids is 1. The van der Waals surface area contributed by atoms with Gasteiger partial charge in [-0.05, 0) is 20.8 Å². The topological polar surface area (TPSA) is 55.4 Å². The Morgan fingerprint density at radius 3 is 2.64 bits per heavy atom. The summed E-state index contributed by atoms with van der Waals surface area (Å²) in [6, 6.07) is 0. The minimum Gasteiger partial charge on any atom is -0.459 e. The molecule has 82 valence electrons. The molecule has 0 aromatic heterocycles. The second-order valence-electron chi connectivity index (χ2n) is 4.31. The van der Waals surface area contributed by atoms with Crippen molar-refractivity contribution >= 4 is 16.8 Å². The highest BCUT2D eigenvalue weighted by molar-refractivity contribution is 7.86. The van der Waals surface area contributed by atoms with E-state index in [-0.39, 0.29) is 5.97 Å². The first kappa shape index (κ1) is 11.7. The molecule has 1 rings (SSSR count). The van der Waals surface area contributed by atoms with Crippen molar-refractivity contribution in [1.29, 1.82) is 0 Å². The van der Waals surface area contributed by atoms with E-state index in [0.717, 1.165) is 0 Å². The van der Waals surface area contributed by atoms with Gasteiger partial charge in [0, 0.05) is 29.6 Å². The lowest BCUT2D eigenvalue weighted by atomic mass is 10.2. The van der Waals surface area contributed by atoms with Crippen LogP contribution in [0.4, 0.5) is 0 Å². The Balaban J connectivity index is 2.55. The van der Waals surface area contributed by atoms with Crippen LogP contribution in [0.15, 0.2) is 0 Å². The molecular weight excluding hydrogens is 202 g/mol. The van der Waals surface area contributed by atoms with E-state index < -0.39 is 21.7 Å². The number of nitrogens with one attached hydrogen (secondary N) is 1. The maximum atomic E-state index is 11.6. The summed E-state index contributed by atoms with van der Waals surface area (Å²) < 4.78 is 16.7. The molecule has 2 atom stereocenters. The Hall–Kier alpha value is -0.420. The normalized spacial score (nSPS) is 28.5. The Labute approximate surface area is 86.9 Å². The van der Waals surface area contributed by atoms with Crippen LogP contribution in [0.25, 0.3) is 0 Å². The largest absolute Gasteiger partial charge is 0.459 e. The van der Waals surface area contributed by atoms with Crippen LogP contribution >= 0.6 is 0 Å². The van der Waals surface area contributed by atoms with E-state index in [4.69, 9.17) is 4.74 Å². The maximum Gasteiger partial charge on any atom is 0.323 e. The van der Waals surface area contributed by atoms with Gasteiger partial charge in [0.25, 0.3) is 0 Å². The lowest BCUT2D eigenvalue weighted by Gasteiger charge is -2.26. The van der Waals surface area contributed by atoms with Crippen LogP contribution in [-0.2, 0) is 20.3 Å². The molecule has 1 saturated heterocycles. The van der Waals surface area contributed by atoms with E-state index in [9.17, 15) is 9.00 Å². The van der Waals surface area contributed by atoms with Crippen LogP contribution in [0.5, 0.6) is 0 Å². The van der Waals surface area contributed by atoms with Crippen molar-refractivity contribution in [3.05, 3.63) is 0 Å². The molecule has 1 heterocycles. The third-order valence-electron chi connectivity index (χ3n) is 1.80. The summed E-state index contributed by atoms with van der Waals surface area (Å²) in [6.45, 7) is 6.60. The van der Waals surface area contributed by atoms with Crippen LogP contribution in [0.3, 0.4) is 0 Å². The molecule has 5 heteroatoms. The Bertz CT molecular complexity index is 247. The molecule has 1 fully saturated rings. The summed E-state index contributed by atoms with van der Waals surface area (Å²) in [6.07, 6.45) is 0. The summed E-state index contributed by atoms with van der Waals surface area (Å²) in [4.78, 5) is 11.6. The van der Waals surface area contributed by atoms with Crippen LogP contribution in [-0.4, -0.2) is 39.9 Å². The summed E-state index contributed by atoms with van der Waals surface area (Å²) in [5.74, 6) is 0.173. The predicted molar refractivity (Wildman–Crippen MR) is 55.5 cm³/mol. The van der Waals surface area contributed by atoms with Gasteiger partial charge in [0.05, 0.1) is 0 Å². The molecule has 1 aliphatic rings. The fraction of sp³-hybridized carbons (Fsp3) is 0.889. The molecule has 0 spiro atoms. The molecule has 0 aliphatic carbocycles. The third-order valence-corrected chi connectivity index (χ3v) is 3.40. The Kier molecular flexibility index (Phi) is 3.66. The smallest absolute Gasteiger partial charge is 0.323 e. The van der Waals surface area contributed by atoms with Crippen LogP contribution in [0.1, 0.15) is 20.8 Å². The fourth-order valence-corrected chi connectivity index (χ4v) is 2.40. The van der Waals surface area contributed by atoms with Gasteiger partial charge < -0.3 is 10.1 Å². The highest BCUT2D eigenvalue weighted by Gasteiger charge is 2.31. The Morgan fingerprint density at radius 2 is 2.14 bits per heavy atom. The molecule has 0 aromatic rings. The number of ether oxygens (including phenoxy) is 1. The summed E-state index contributed by atoms with van der Waals surface area (Å²) in [5.41, 5.74) is -0.501. The average Bonchev–Trinajstić information content (AvgIpc) is 2.01. The lowest BCUT2D eigenvalue weighted by molar-refractivity contribution is -0.154. The monoisotopic (exact) mass is 219 g/mol. The third kappa shape index (κ3) is 3.38. The minimum absolute atomic E-state index is 0.358. The number of esters is 1. The minimum atomic E-state index is -1.08.